The van der Waals surface area contributed by atoms with Crippen LogP contribution in [0.15, 0.2) is 12.3 Å². The fourth-order valence-corrected chi connectivity index (χ4v) is 2.29. The third kappa shape index (κ3) is 3.01. The smallest absolute Gasteiger partial charge is 0.246 e. The molecule has 1 aromatic rings. The molecule has 2 heterocycles. The number of amides is 1. The summed E-state index contributed by atoms with van der Waals surface area (Å²) < 4.78 is 5.55. The Labute approximate surface area is 111 Å². The molecule has 0 aromatic carbocycles. The summed E-state index contributed by atoms with van der Waals surface area (Å²) >= 11 is 0. The molecule has 1 aliphatic carbocycles. The van der Waals surface area contributed by atoms with E-state index in [0.29, 0.717) is 18.9 Å². The normalized spacial score (nSPS) is 26.3. The molecule has 19 heavy (non-hydrogen) atoms. The fraction of sp³-hybridized carbons (Fsp3) is 0.615. The molecule has 1 aromatic heterocycles. The van der Waals surface area contributed by atoms with Gasteiger partial charge in [0.05, 0.1) is 6.10 Å². The van der Waals surface area contributed by atoms with Gasteiger partial charge in [0.2, 0.25) is 5.91 Å². The Hall–Kier alpha value is -1.69. The molecule has 3 rings (SSSR count). The molecule has 1 saturated carbocycles. The standard InChI is InChI=1S/C13H18N4O2/c14-12(18)10-4-3-9(19-10)7-16-11-5-6-15-13(17-11)8-1-2-8/h5-6,8-10H,1-4,7H2,(H2,14,18)(H,15,16,17). The average molecular weight is 262 g/mol. The Morgan fingerprint density at radius 2 is 2.26 bits per heavy atom. The molecule has 0 radical (unpaired) electrons. The van der Waals surface area contributed by atoms with Crippen LogP contribution in [-0.4, -0.2) is 34.6 Å². The van der Waals surface area contributed by atoms with Crippen molar-refractivity contribution in [1.29, 1.82) is 0 Å². The average Bonchev–Trinajstić information content (AvgIpc) is 3.15. The first-order valence-corrected chi connectivity index (χ1v) is 6.74. The lowest BCUT2D eigenvalue weighted by Gasteiger charge is -2.13. The number of rotatable bonds is 5. The quantitative estimate of drug-likeness (QED) is 0.819. The summed E-state index contributed by atoms with van der Waals surface area (Å²) in [5, 5.41) is 3.24. The number of primary amides is 1. The molecular formula is C13H18N4O2. The van der Waals surface area contributed by atoms with Crippen molar-refractivity contribution in [2.75, 3.05) is 11.9 Å². The molecule has 0 spiro atoms. The summed E-state index contributed by atoms with van der Waals surface area (Å²) in [5.41, 5.74) is 5.22. The Kier molecular flexibility index (Phi) is 3.33. The highest BCUT2D eigenvalue weighted by atomic mass is 16.5. The van der Waals surface area contributed by atoms with Gasteiger partial charge in [-0.2, -0.15) is 0 Å². The Morgan fingerprint density at radius 1 is 1.42 bits per heavy atom. The number of nitrogens with one attached hydrogen (secondary N) is 1. The van der Waals surface area contributed by atoms with Gasteiger partial charge in [-0.1, -0.05) is 0 Å². The molecular weight excluding hydrogens is 244 g/mol. The second kappa shape index (κ2) is 5.13. The summed E-state index contributed by atoms with van der Waals surface area (Å²) in [6.07, 6.45) is 5.31. The third-order valence-electron chi connectivity index (χ3n) is 3.55. The zero-order valence-corrected chi connectivity index (χ0v) is 10.7. The maximum absolute atomic E-state index is 11.0. The minimum atomic E-state index is -0.431. The predicted molar refractivity (Wildman–Crippen MR) is 69.6 cm³/mol. The number of ether oxygens (including phenoxy) is 1. The van der Waals surface area contributed by atoms with Crippen molar-refractivity contribution < 1.29 is 9.53 Å². The third-order valence-corrected chi connectivity index (χ3v) is 3.55. The van der Waals surface area contributed by atoms with E-state index in [1.54, 1.807) is 6.20 Å². The number of hydrogen-bond donors (Lipinski definition) is 2. The number of anilines is 1. The Morgan fingerprint density at radius 3 is 2.95 bits per heavy atom. The predicted octanol–water partition coefficient (Wildman–Crippen LogP) is 0.799. The molecule has 2 aliphatic rings. The van der Waals surface area contributed by atoms with Crippen molar-refractivity contribution in [3.8, 4) is 0 Å². The molecule has 6 heteroatoms. The summed E-state index contributed by atoms with van der Waals surface area (Å²) in [5.74, 6) is 1.92. The fourth-order valence-electron chi connectivity index (χ4n) is 2.29. The largest absolute Gasteiger partial charge is 0.367 e. The van der Waals surface area contributed by atoms with Crippen molar-refractivity contribution >= 4 is 11.7 Å². The van der Waals surface area contributed by atoms with Crippen molar-refractivity contribution in [3.63, 3.8) is 0 Å². The van der Waals surface area contributed by atoms with E-state index in [1.165, 1.54) is 12.8 Å². The minimum absolute atomic E-state index is 0.0249. The Bertz CT molecular complexity index is 475. The van der Waals surface area contributed by atoms with E-state index in [1.807, 2.05) is 6.07 Å². The number of aromatic nitrogens is 2. The lowest BCUT2D eigenvalue weighted by molar-refractivity contribution is -0.128. The van der Waals surface area contributed by atoms with Crippen LogP contribution in [0.4, 0.5) is 5.82 Å². The first-order chi connectivity index (χ1) is 9.22. The second-order valence-corrected chi connectivity index (χ2v) is 5.18. The summed E-state index contributed by atoms with van der Waals surface area (Å²) in [7, 11) is 0. The van der Waals surface area contributed by atoms with Crippen molar-refractivity contribution in [2.24, 2.45) is 5.73 Å². The van der Waals surface area contributed by atoms with Crippen LogP contribution in [0.5, 0.6) is 0 Å². The van der Waals surface area contributed by atoms with Crippen LogP contribution in [-0.2, 0) is 9.53 Å². The van der Waals surface area contributed by atoms with Gasteiger partial charge in [-0.3, -0.25) is 4.79 Å². The number of carbonyl (C=O) groups excluding carboxylic acids is 1. The van der Waals surface area contributed by atoms with E-state index in [2.05, 4.69) is 15.3 Å². The highest BCUT2D eigenvalue weighted by molar-refractivity contribution is 5.79. The molecule has 102 valence electrons. The van der Waals surface area contributed by atoms with E-state index in [9.17, 15) is 4.79 Å². The summed E-state index contributed by atoms with van der Waals surface area (Å²) in [6, 6.07) is 1.85. The van der Waals surface area contributed by atoms with Gasteiger partial charge in [0.25, 0.3) is 0 Å². The molecule has 3 N–H and O–H groups in total. The summed E-state index contributed by atoms with van der Waals surface area (Å²) in [4.78, 5) is 19.8. The van der Waals surface area contributed by atoms with Crippen molar-refractivity contribution in [2.45, 2.75) is 43.8 Å². The zero-order valence-electron chi connectivity index (χ0n) is 10.7. The van der Waals surface area contributed by atoms with E-state index in [0.717, 1.165) is 18.1 Å². The molecule has 0 bridgehead atoms. The van der Waals surface area contributed by atoms with Crippen LogP contribution in [0.2, 0.25) is 0 Å². The van der Waals surface area contributed by atoms with E-state index >= 15 is 0 Å². The topological polar surface area (TPSA) is 90.1 Å². The number of carbonyl (C=O) groups is 1. The van der Waals surface area contributed by atoms with Gasteiger partial charge in [-0.05, 0) is 31.7 Å². The molecule has 1 saturated heterocycles. The van der Waals surface area contributed by atoms with Crippen LogP contribution in [0.3, 0.4) is 0 Å². The zero-order chi connectivity index (χ0) is 13.2. The molecule has 2 atom stereocenters. The highest BCUT2D eigenvalue weighted by Crippen LogP contribution is 2.38. The van der Waals surface area contributed by atoms with Crippen LogP contribution < -0.4 is 11.1 Å². The van der Waals surface area contributed by atoms with E-state index < -0.39 is 6.10 Å². The summed E-state index contributed by atoms with van der Waals surface area (Å²) in [6.45, 7) is 0.644. The van der Waals surface area contributed by atoms with Crippen LogP contribution in [0.1, 0.15) is 37.4 Å². The van der Waals surface area contributed by atoms with Gasteiger partial charge in [0.1, 0.15) is 17.7 Å². The number of nitrogens with zero attached hydrogens (tertiary/aromatic N) is 2. The van der Waals surface area contributed by atoms with Crippen LogP contribution in [0, 0.1) is 0 Å². The first kappa shape index (κ1) is 12.3. The molecule has 1 amide bonds. The van der Waals surface area contributed by atoms with Gasteiger partial charge < -0.3 is 15.8 Å². The molecule has 2 unspecified atom stereocenters. The number of nitrogens with two attached hydrogens (primary N) is 1. The maximum Gasteiger partial charge on any atom is 0.246 e. The molecule has 1 aliphatic heterocycles. The first-order valence-electron chi connectivity index (χ1n) is 6.74. The lowest BCUT2D eigenvalue weighted by Crippen LogP contribution is -2.30. The second-order valence-electron chi connectivity index (χ2n) is 5.18. The van der Waals surface area contributed by atoms with E-state index in [-0.39, 0.29) is 12.0 Å². The van der Waals surface area contributed by atoms with E-state index in [4.69, 9.17) is 10.5 Å². The minimum Gasteiger partial charge on any atom is -0.367 e. The number of hydrogen-bond acceptors (Lipinski definition) is 5. The molecule has 6 nitrogen and oxygen atoms in total. The van der Waals surface area contributed by atoms with Gasteiger partial charge in [0.15, 0.2) is 0 Å². The SMILES string of the molecule is NC(=O)C1CCC(CNc2ccnc(C3CC3)n2)O1. The van der Waals surface area contributed by atoms with Crippen molar-refractivity contribution in [1.82, 2.24) is 9.97 Å². The van der Waals surface area contributed by atoms with Crippen LogP contribution in [0.25, 0.3) is 0 Å². The lowest BCUT2D eigenvalue weighted by atomic mass is 10.2. The van der Waals surface area contributed by atoms with Crippen molar-refractivity contribution in [3.05, 3.63) is 18.1 Å². The highest BCUT2D eigenvalue weighted by Gasteiger charge is 2.29. The van der Waals surface area contributed by atoms with Gasteiger partial charge >= 0.3 is 0 Å². The molecule has 2 fully saturated rings. The van der Waals surface area contributed by atoms with Gasteiger partial charge in [-0.15, -0.1) is 0 Å². The monoisotopic (exact) mass is 262 g/mol. The van der Waals surface area contributed by atoms with Gasteiger partial charge in [0, 0.05) is 18.7 Å². The van der Waals surface area contributed by atoms with Gasteiger partial charge in [-0.25, -0.2) is 9.97 Å². The van der Waals surface area contributed by atoms with Crippen LogP contribution >= 0.6 is 0 Å². The Balaban J connectivity index is 1.52. The maximum atomic E-state index is 11.0.